The van der Waals surface area contributed by atoms with E-state index >= 15 is 0 Å². The molecule has 0 radical (unpaired) electrons. The minimum atomic E-state index is -4.64. The van der Waals surface area contributed by atoms with E-state index in [0.717, 1.165) is 16.5 Å². The molecule has 0 saturated heterocycles. The Morgan fingerprint density at radius 2 is 1.91 bits per heavy atom. The van der Waals surface area contributed by atoms with E-state index < -0.39 is 30.4 Å². The summed E-state index contributed by atoms with van der Waals surface area (Å²) in [6, 6.07) is 5.93. The Hall–Kier alpha value is -2.85. The summed E-state index contributed by atoms with van der Waals surface area (Å²) in [4.78, 5) is 16.6. The van der Waals surface area contributed by atoms with Gasteiger partial charge < -0.3 is 15.0 Å². The number of alkyl halides is 3. The number of halogens is 4. The van der Waals surface area contributed by atoms with Crippen LogP contribution in [0.25, 0.3) is 5.69 Å². The van der Waals surface area contributed by atoms with Crippen LogP contribution in [0.1, 0.15) is 49.4 Å². The van der Waals surface area contributed by atoms with E-state index in [9.17, 15) is 23.1 Å². The van der Waals surface area contributed by atoms with E-state index in [-0.39, 0.29) is 18.2 Å². The Morgan fingerprint density at radius 1 is 1.25 bits per heavy atom. The topological polar surface area (TPSA) is 85.0 Å². The van der Waals surface area contributed by atoms with Crippen molar-refractivity contribution >= 4 is 23.2 Å². The number of hydrogen-bond donors (Lipinski definition) is 2. The molecule has 32 heavy (non-hydrogen) atoms. The summed E-state index contributed by atoms with van der Waals surface area (Å²) in [7, 11) is 0. The van der Waals surface area contributed by atoms with Crippen molar-refractivity contribution in [1.82, 2.24) is 19.3 Å². The van der Waals surface area contributed by atoms with Gasteiger partial charge in [0.15, 0.2) is 5.69 Å². The number of aromatic nitrogens is 4. The summed E-state index contributed by atoms with van der Waals surface area (Å²) >= 11 is 5.96. The highest BCUT2D eigenvalue weighted by atomic mass is 35.5. The normalized spacial score (nSPS) is 12.9. The molecular weight excluding hydrogens is 447 g/mol. The fourth-order valence-electron chi connectivity index (χ4n) is 3.47. The predicted octanol–water partition coefficient (Wildman–Crippen LogP) is 4.74. The van der Waals surface area contributed by atoms with Gasteiger partial charge in [-0.25, -0.2) is 9.67 Å². The molecule has 11 heteroatoms. The van der Waals surface area contributed by atoms with Crippen molar-refractivity contribution < 1.29 is 23.1 Å². The summed E-state index contributed by atoms with van der Waals surface area (Å²) in [6.07, 6.45) is -2.45. The first kappa shape index (κ1) is 23.8. The molecular formula is C21H23ClF3N5O2. The van der Waals surface area contributed by atoms with Gasteiger partial charge >= 0.3 is 6.18 Å². The van der Waals surface area contributed by atoms with Crippen LogP contribution in [0.2, 0.25) is 5.02 Å². The maximum Gasteiger partial charge on any atom is 0.434 e. The molecule has 7 nitrogen and oxygen atoms in total. The zero-order chi connectivity index (χ0) is 23.6. The Balaban J connectivity index is 1.94. The van der Waals surface area contributed by atoms with Gasteiger partial charge in [0.2, 0.25) is 5.91 Å². The zero-order valence-corrected chi connectivity index (χ0v) is 18.4. The summed E-state index contributed by atoms with van der Waals surface area (Å²) in [5, 5.41) is 17.1. The van der Waals surface area contributed by atoms with Crippen molar-refractivity contribution in [2.24, 2.45) is 0 Å². The molecule has 0 unspecified atom stereocenters. The van der Waals surface area contributed by atoms with Gasteiger partial charge in [-0.2, -0.15) is 18.3 Å². The van der Waals surface area contributed by atoms with Gasteiger partial charge in [0.1, 0.15) is 11.9 Å². The standard InChI is InChI=1S/C21H23ClF3N5O2/c1-12(2)19-16(10-26-30(19)15-6-4-14(22)5-7-15)28-20(32)17(8-9-31)29-11-18(21(23,24)25)27-13(29)3/h4-7,10-12,17,31H,8-9H2,1-3H3,(H,28,32)/t17-/m0/s1. The van der Waals surface area contributed by atoms with Crippen molar-refractivity contribution in [3.8, 4) is 5.69 Å². The molecule has 0 aliphatic carbocycles. The number of imidazole rings is 1. The van der Waals surface area contributed by atoms with E-state index in [0.29, 0.717) is 16.4 Å². The second-order valence-corrected chi connectivity index (χ2v) is 8.02. The SMILES string of the molecule is Cc1nc(C(F)(F)F)cn1[C@@H](CCO)C(=O)Nc1cnn(-c2ccc(Cl)cc2)c1C(C)C. The summed E-state index contributed by atoms with van der Waals surface area (Å²) in [5.74, 6) is -0.593. The molecule has 0 bridgehead atoms. The predicted molar refractivity (Wildman–Crippen MR) is 114 cm³/mol. The molecule has 3 aromatic rings. The average molecular weight is 470 g/mol. The highest BCUT2D eigenvalue weighted by Crippen LogP contribution is 2.31. The third-order valence-corrected chi connectivity index (χ3v) is 5.18. The first-order valence-electron chi connectivity index (χ1n) is 9.91. The molecule has 2 N–H and O–H groups in total. The van der Waals surface area contributed by atoms with Gasteiger partial charge in [0, 0.05) is 24.2 Å². The average Bonchev–Trinajstić information content (AvgIpc) is 3.30. The molecule has 1 amide bonds. The minimum absolute atomic E-state index is 0.0202. The first-order chi connectivity index (χ1) is 15.0. The Morgan fingerprint density at radius 3 is 2.44 bits per heavy atom. The highest BCUT2D eigenvalue weighted by molar-refractivity contribution is 6.30. The lowest BCUT2D eigenvalue weighted by atomic mass is 10.1. The second kappa shape index (κ2) is 9.33. The van der Waals surface area contributed by atoms with Crippen molar-refractivity contribution in [1.29, 1.82) is 0 Å². The zero-order valence-electron chi connectivity index (χ0n) is 17.7. The van der Waals surface area contributed by atoms with Crippen molar-refractivity contribution in [3.63, 3.8) is 0 Å². The number of aryl methyl sites for hydroxylation is 1. The molecule has 1 atom stereocenters. The van der Waals surface area contributed by atoms with Crippen LogP contribution in [-0.4, -0.2) is 37.0 Å². The lowest BCUT2D eigenvalue weighted by Crippen LogP contribution is -2.28. The quantitative estimate of drug-likeness (QED) is 0.523. The lowest BCUT2D eigenvalue weighted by Gasteiger charge is -2.20. The number of anilines is 1. The molecule has 2 heterocycles. The fourth-order valence-corrected chi connectivity index (χ4v) is 3.60. The Bertz CT molecular complexity index is 1090. The summed E-state index contributed by atoms with van der Waals surface area (Å²) in [6.45, 7) is 4.85. The van der Waals surface area contributed by atoms with Crippen LogP contribution in [0.15, 0.2) is 36.7 Å². The summed E-state index contributed by atoms with van der Waals surface area (Å²) < 4.78 is 42.0. The Labute approximate surface area is 187 Å². The fraction of sp³-hybridized carbons (Fsp3) is 0.381. The largest absolute Gasteiger partial charge is 0.434 e. The van der Waals surface area contributed by atoms with Gasteiger partial charge in [0.25, 0.3) is 0 Å². The molecule has 0 fully saturated rings. The molecule has 0 spiro atoms. The number of carbonyl (C=O) groups excluding carboxylic acids is 1. The monoisotopic (exact) mass is 469 g/mol. The van der Waals surface area contributed by atoms with Gasteiger partial charge in [-0.3, -0.25) is 4.79 Å². The maximum atomic E-state index is 13.1. The number of aliphatic hydroxyl groups is 1. The highest BCUT2D eigenvalue weighted by Gasteiger charge is 2.36. The molecule has 3 rings (SSSR count). The van der Waals surface area contributed by atoms with Crippen LogP contribution in [0, 0.1) is 6.92 Å². The number of benzene rings is 1. The maximum absolute atomic E-state index is 13.1. The van der Waals surface area contributed by atoms with Crippen molar-refractivity contribution in [2.45, 2.75) is 45.3 Å². The van der Waals surface area contributed by atoms with Gasteiger partial charge in [-0.15, -0.1) is 0 Å². The molecule has 0 saturated carbocycles. The van der Waals surface area contributed by atoms with Crippen molar-refractivity contribution in [3.05, 3.63) is 58.9 Å². The van der Waals surface area contributed by atoms with Crippen molar-refractivity contribution in [2.75, 3.05) is 11.9 Å². The number of carbonyl (C=O) groups is 1. The Kier molecular flexibility index (Phi) is 6.94. The van der Waals surface area contributed by atoms with Crippen LogP contribution < -0.4 is 5.32 Å². The van der Waals surface area contributed by atoms with E-state index in [2.05, 4.69) is 15.4 Å². The molecule has 1 aromatic carbocycles. The van der Waals surface area contributed by atoms with E-state index in [1.54, 1.807) is 28.9 Å². The minimum Gasteiger partial charge on any atom is -0.396 e. The molecule has 172 valence electrons. The van der Waals surface area contributed by atoms with Crippen LogP contribution in [0.4, 0.5) is 18.9 Å². The van der Waals surface area contributed by atoms with Crippen LogP contribution in [0.3, 0.4) is 0 Å². The number of nitrogens with zero attached hydrogens (tertiary/aromatic N) is 4. The third kappa shape index (κ3) is 4.97. The number of amides is 1. The van der Waals surface area contributed by atoms with Gasteiger partial charge in [-0.05, 0) is 37.1 Å². The first-order valence-corrected chi connectivity index (χ1v) is 10.3. The van der Waals surface area contributed by atoms with Gasteiger partial charge in [0.05, 0.1) is 23.3 Å². The number of rotatable bonds is 7. The smallest absolute Gasteiger partial charge is 0.396 e. The summed E-state index contributed by atoms with van der Waals surface area (Å²) in [5.41, 5.74) is 0.786. The van der Waals surface area contributed by atoms with Gasteiger partial charge in [-0.1, -0.05) is 25.4 Å². The van der Waals surface area contributed by atoms with E-state index in [4.69, 9.17) is 11.6 Å². The number of aliphatic hydroxyl groups excluding tert-OH is 1. The van der Waals surface area contributed by atoms with Crippen LogP contribution in [-0.2, 0) is 11.0 Å². The lowest BCUT2D eigenvalue weighted by molar-refractivity contribution is -0.141. The van der Waals surface area contributed by atoms with Crippen LogP contribution >= 0.6 is 11.6 Å². The second-order valence-electron chi connectivity index (χ2n) is 7.58. The number of hydrogen-bond acceptors (Lipinski definition) is 4. The molecule has 0 aliphatic rings. The third-order valence-electron chi connectivity index (χ3n) is 4.93. The number of nitrogens with one attached hydrogen (secondary N) is 1. The van der Waals surface area contributed by atoms with E-state index in [1.165, 1.54) is 13.1 Å². The van der Waals surface area contributed by atoms with Crippen LogP contribution in [0.5, 0.6) is 0 Å². The molecule has 0 aliphatic heterocycles. The van der Waals surface area contributed by atoms with E-state index in [1.807, 2.05) is 13.8 Å². The molecule has 2 aromatic heterocycles.